The van der Waals surface area contributed by atoms with Gasteiger partial charge in [-0.2, -0.15) is 0 Å². The first kappa shape index (κ1) is 11.1. The van der Waals surface area contributed by atoms with Gasteiger partial charge in [0.1, 0.15) is 0 Å². The Morgan fingerprint density at radius 3 is 2.36 bits per heavy atom. The van der Waals surface area contributed by atoms with E-state index in [-0.39, 0.29) is 0 Å². The number of aliphatic hydroxyl groups is 1. The van der Waals surface area contributed by atoms with Gasteiger partial charge in [-0.3, -0.25) is 0 Å². The molecule has 1 rings (SSSR count). The number of benzene rings is 1. The number of hydrogen-bond donors (Lipinski definition) is 2. The molecular weight excluding hydrogens is 174 g/mol. The van der Waals surface area contributed by atoms with Gasteiger partial charge in [0, 0.05) is 12.2 Å². The van der Waals surface area contributed by atoms with Gasteiger partial charge in [-0.1, -0.05) is 6.07 Å². The molecule has 0 heterocycles. The predicted octanol–water partition coefficient (Wildman–Crippen LogP) is 2.49. The van der Waals surface area contributed by atoms with Crippen LogP contribution in [0.15, 0.2) is 18.2 Å². The third kappa shape index (κ3) is 3.38. The molecule has 1 aromatic carbocycles. The smallest absolute Gasteiger partial charge is 0.0763 e. The van der Waals surface area contributed by atoms with Gasteiger partial charge in [0.15, 0.2) is 0 Å². The van der Waals surface area contributed by atoms with Crippen LogP contribution in [0.3, 0.4) is 0 Å². The lowest BCUT2D eigenvalue weighted by molar-refractivity contribution is 0.0945. The summed E-state index contributed by atoms with van der Waals surface area (Å²) in [6.07, 6.45) is 0. The summed E-state index contributed by atoms with van der Waals surface area (Å²) in [6.45, 7) is 8.33. The molecule has 0 saturated heterocycles. The molecular formula is C12H19NO. The Hall–Kier alpha value is -1.02. The van der Waals surface area contributed by atoms with Crippen molar-refractivity contribution in [2.45, 2.75) is 33.3 Å². The monoisotopic (exact) mass is 193 g/mol. The number of hydrogen-bond acceptors (Lipinski definition) is 2. The standard InChI is InChI=1S/C12H19NO/c1-9-5-6-11(7-10(9)2)13-8-12(3,4)14/h5-7,13-14H,8H2,1-4H3. The summed E-state index contributed by atoms with van der Waals surface area (Å²) in [6, 6.07) is 6.22. The van der Waals surface area contributed by atoms with Crippen LogP contribution in [0, 0.1) is 13.8 Å². The number of aryl methyl sites for hydroxylation is 2. The van der Waals surface area contributed by atoms with Gasteiger partial charge in [-0.25, -0.2) is 0 Å². The molecule has 0 atom stereocenters. The lowest BCUT2D eigenvalue weighted by Crippen LogP contribution is -2.29. The zero-order valence-corrected chi connectivity index (χ0v) is 9.39. The summed E-state index contributed by atoms with van der Waals surface area (Å²) in [5.41, 5.74) is 2.96. The van der Waals surface area contributed by atoms with Gasteiger partial charge < -0.3 is 10.4 Å². The van der Waals surface area contributed by atoms with Crippen molar-refractivity contribution in [3.63, 3.8) is 0 Å². The van der Waals surface area contributed by atoms with E-state index in [0.717, 1.165) is 5.69 Å². The molecule has 1 aromatic rings. The summed E-state index contributed by atoms with van der Waals surface area (Å²) in [5, 5.41) is 12.7. The van der Waals surface area contributed by atoms with Crippen molar-refractivity contribution in [1.82, 2.24) is 0 Å². The highest BCUT2D eigenvalue weighted by molar-refractivity contribution is 5.48. The first-order valence-electron chi connectivity index (χ1n) is 4.92. The van der Waals surface area contributed by atoms with Crippen molar-refractivity contribution in [1.29, 1.82) is 0 Å². The number of nitrogens with one attached hydrogen (secondary N) is 1. The third-order valence-electron chi connectivity index (χ3n) is 2.23. The molecule has 0 amide bonds. The fraction of sp³-hybridized carbons (Fsp3) is 0.500. The van der Waals surface area contributed by atoms with E-state index in [2.05, 4.69) is 31.3 Å². The lowest BCUT2D eigenvalue weighted by atomic mass is 10.1. The van der Waals surface area contributed by atoms with Crippen molar-refractivity contribution in [2.75, 3.05) is 11.9 Å². The van der Waals surface area contributed by atoms with E-state index in [9.17, 15) is 5.11 Å². The topological polar surface area (TPSA) is 32.3 Å². The molecule has 2 nitrogen and oxygen atoms in total. The fourth-order valence-corrected chi connectivity index (χ4v) is 1.17. The highest BCUT2D eigenvalue weighted by Gasteiger charge is 2.11. The van der Waals surface area contributed by atoms with Crippen molar-refractivity contribution < 1.29 is 5.11 Å². The van der Waals surface area contributed by atoms with E-state index in [1.54, 1.807) is 13.8 Å². The summed E-state index contributed by atoms with van der Waals surface area (Å²) in [5.74, 6) is 0. The van der Waals surface area contributed by atoms with Crippen LogP contribution in [-0.2, 0) is 0 Å². The second kappa shape index (κ2) is 4.01. The summed E-state index contributed by atoms with van der Waals surface area (Å²) >= 11 is 0. The molecule has 0 saturated carbocycles. The normalized spacial score (nSPS) is 11.5. The van der Waals surface area contributed by atoms with Crippen LogP contribution in [0.5, 0.6) is 0 Å². The van der Waals surface area contributed by atoms with Crippen LogP contribution in [-0.4, -0.2) is 17.3 Å². The van der Waals surface area contributed by atoms with E-state index in [1.807, 2.05) is 6.07 Å². The minimum Gasteiger partial charge on any atom is -0.389 e. The number of rotatable bonds is 3. The molecule has 0 radical (unpaired) electrons. The molecule has 0 bridgehead atoms. The average Bonchev–Trinajstić information content (AvgIpc) is 2.06. The Labute approximate surface area is 86.0 Å². The molecule has 14 heavy (non-hydrogen) atoms. The minimum atomic E-state index is -0.668. The Balaban J connectivity index is 2.65. The van der Waals surface area contributed by atoms with Gasteiger partial charge >= 0.3 is 0 Å². The molecule has 0 unspecified atom stereocenters. The maximum Gasteiger partial charge on any atom is 0.0763 e. The molecule has 0 aromatic heterocycles. The van der Waals surface area contributed by atoms with Crippen LogP contribution in [0.2, 0.25) is 0 Å². The number of anilines is 1. The van der Waals surface area contributed by atoms with Gasteiger partial charge in [0.25, 0.3) is 0 Å². The molecule has 0 aliphatic carbocycles. The van der Waals surface area contributed by atoms with Crippen molar-refractivity contribution in [3.8, 4) is 0 Å². The first-order chi connectivity index (χ1) is 6.38. The summed E-state index contributed by atoms with van der Waals surface area (Å²) in [7, 11) is 0. The SMILES string of the molecule is Cc1ccc(NCC(C)(C)O)cc1C. The van der Waals surface area contributed by atoms with E-state index in [0.29, 0.717) is 6.54 Å². The Kier molecular flexibility index (Phi) is 3.17. The van der Waals surface area contributed by atoms with Gasteiger partial charge in [0.2, 0.25) is 0 Å². The Morgan fingerprint density at radius 2 is 1.86 bits per heavy atom. The molecule has 0 fully saturated rings. The maximum atomic E-state index is 9.54. The second-order valence-corrected chi connectivity index (χ2v) is 4.47. The lowest BCUT2D eigenvalue weighted by Gasteiger charge is -2.18. The average molecular weight is 193 g/mol. The van der Waals surface area contributed by atoms with E-state index in [4.69, 9.17) is 0 Å². The fourth-order valence-electron chi connectivity index (χ4n) is 1.17. The largest absolute Gasteiger partial charge is 0.389 e. The van der Waals surface area contributed by atoms with Crippen LogP contribution >= 0.6 is 0 Å². The predicted molar refractivity (Wildman–Crippen MR) is 60.7 cm³/mol. The van der Waals surface area contributed by atoms with Gasteiger partial charge in [-0.15, -0.1) is 0 Å². The molecule has 0 aliphatic heterocycles. The Bertz CT molecular complexity index is 313. The van der Waals surface area contributed by atoms with Crippen LogP contribution < -0.4 is 5.32 Å². The highest BCUT2D eigenvalue weighted by Crippen LogP contribution is 2.15. The molecule has 2 N–H and O–H groups in total. The summed E-state index contributed by atoms with van der Waals surface area (Å²) in [4.78, 5) is 0. The quantitative estimate of drug-likeness (QED) is 0.773. The first-order valence-corrected chi connectivity index (χ1v) is 4.92. The van der Waals surface area contributed by atoms with Crippen LogP contribution in [0.25, 0.3) is 0 Å². The maximum absolute atomic E-state index is 9.54. The van der Waals surface area contributed by atoms with Crippen molar-refractivity contribution in [3.05, 3.63) is 29.3 Å². The van der Waals surface area contributed by atoms with Gasteiger partial charge in [-0.05, 0) is 51.0 Å². The second-order valence-electron chi connectivity index (χ2n) is 4.47. The van der Waals surface area contributed by atoms with Gasteiger partial charge in [0.05, 0.1) is 5.60 Å². The van der Waals surface area contributed by atoms with E-state index in [1.165, 1.54) is 11.1 Å². The van der Waals surface area contributed by atoms with Crippen LogP contribution in [0.4, 0.5) is 5.69 Å². The third-order valence-corrected chi connectivity index (χ3v) is 2.23. The van der Waals surface area contributed by atoms with E-state index < -0.39 is 5.60 Å². The van der Waals surface area contributed by atoms with E-state index >= 15 is 0 Å². The van der Waals surface area contributed by atoms with Crippen molar-refractivity contribution in [2.24, 2.45) is 0 Å². The van der Waals surface area contributed by atoms with Crippen molar-refractivity contribution >= 4 is 5.69 Å². The molecule has 0 spiro atoms. The van der Waals surface area contributed by atoms with Crippen LogP contribution in [0.1, 0.15) is 25.0 Å². The molecule has 78 valence electrons. The Morgan fingerprint density at radius 1 is 1.21 bits per heavy atom. The zero-order chi connectivity index (χ0) is 10.8. The summed E-state index contributed by atoms with van der Waals surface area (Å²) < 4.78 is 0. The minimum absolute atomic E-state index is 0.565. The highest BCUT2D eigenvalue weighted by atomic mass is 16.3. The molecule has 0 aliphatic rings. The zero-order valence-electron chi connectivity index (χ0n) is 9.39. The molecule has 2 heteroatoms.